The van der Waals surface area contributed by atoms with E-state index < -0.39 is 11.7 Å². The quantitative estimate of drug-likeness (QED) is 0.900. The Bertz CT molecular complexity index is 385. The molecular weight excluding hydrogens is 243 g/mol. The van der Waals surface area contributed by atoms with E-state index in [2.05, 4.69) is 5.32 Å². The van der Waals surface area contributed by atoms with E-state index in [1.165, 1.54) is 0 Å². The van der Waals surface area contributed by atoms with Crippen LogP contribution in [-0.2, 0) is 4.74 Å². The minimum atomic E-state index is -4.30. The molecule has 0 bridgehead atoms. The fourth-order valence-electron chi connectivity index (χ4n) is 2.22. The zero-order valence-electron chi connectivity index (χ0n) is 10.1. The van der Waals surface area contributed by atoms with E-state index in [0.29, 0.717) is 0 Å². The van der Waals surface area contributed by atoms with Gasteiger partial charge in [-0.05, 0) is 12.5 Å². The Labute approximate surface area is 104 Å². The van der Waals surface area contributed by atoms with Gasteiger partial charge in [-0.3, -0.25) is 5.32 Å². The van der Waals surface area contributed by atoms with Crippen molar-refractivity contribution in [3.63, 3.8) is 0 Å². The van der Waals surface area contributed by atoms with Crippen LogP contribution in [0.25, 0.3) is 0 Å². The van der Waals surface area contributed by atoms with Crippen LogP contribution in [0.4, 0.5) is 13.2 Å². The van der Waals surface area contributed by atoms with Crippen LogP contribution in [0.3, 0.4) is 0 Å². The van der Waals surface area contributed by atoms with E-state index in [1.54, 1.807) is 6.92 Å². The monoisotopic (exact) mass is 259 g/mol. The molecule has 0 aromatic heterocycles. The van der Waals surface area contributed by atoms with E-state index in [4.69, 9.17) is 4.74 Å². The highest BCUT2D eigenvalue weighted by Crippen LogP contribution is 2.38. The second-order valence-electron chi connectivity index (χ2n) is 4.66. The van der Waals surface area contributed by atoms with Crippen molar-refractivity contribution in [1.82, 2.24) is 5.32 Å². The average molecular weight is 259 g/mol. The highest BCUT2D eigenvalue weighted by Gasteiger charge is 2.57. The van der Waals surface area contributed by atoms with Gasteiger partial charge in [0.1, 0.15) is 5.54 Å². The maximum absolute atomic E-state index is 13.1. The topological polar surface area (TPSA) is 21.3 Å². The summed E-state index contributed by atoms with van der Waals surface area (Å²) in [5, 5.41) is 2.70. The van der Waals surface area contributed by atoms with Crippen LogP contribution in [0.5, 0.6) is 0 Å². The second kappa shape index (κ2) is 4.90. The zero-order valence-corrected chi connectivity index (χ0v) is 10.1. The van der Waals surface area contributed by atoms with Crippen molar-refractivity contribution in [1.29, 1.82) is 0 Å². The molecule has 2 atom stereocenters. The van der Waals surface area contributed by atoms with Gasteiger partial charge in [-0.2, -0.15) is 13.2 Å². The van der Waals surface area contributed by atoms with Crippen LogP contribution < -0.4 is 5.32 Å². The lowest BCUT2D eigenvalue weighted by Crippen LogP contribution is -2.58. The summed E-state index contributed by atoms with van der Waals surface area (Å²) in [4.78, 5) is 0. The average Bonchev–Trinajstić information content (AvgIpc) is 2.79. The highest BCUT2D eigenvalue weighted by molar-refractivity contribution is 5.19. The van der Waals surface area contributed by atoms with Gasteiger partial charge in [0.25, 0.3) is 0 Å². The van der Waals surface area contributed by atoms with Gasteiger partial charge < -0.3 is 4.74 Å². The second-order valence-corrected chi connectivity index (χ2v) is 4.66. The molecule has 1 N–H and O–H groups in total. The summed E-state index contributed by atoms with van der Waals surface area (Å²) in [6.45, 7) is 1.57. The molecule has 1 aliphatic heterocycles. The predicted molar refractivity (Wildman–Crippen MR) is 62.2 cm³/mol. The molecule has 2 nitrogen and oxygen atoms in total. The maximum atomic E-state index is 13.1. The lowest BCUT2D eigenvalue weighted by atomic mass is 9.95. The third kappa shape index (κ3) is 2.52. The Balaban J connectivity index is 2.16. The van der Waals surface area contributed by atoms with E-state index in [0.717, 1.165) is 5.56 Å². The highest BCUT2D eigenvalue weighted by atomic mass is 19.4. The molecule has 100 valence electrons. The summed E-state index contributed by atoms with van der Waals surface area (Å²) in [5.41, 5.74) is -1.07. The molecule has 0 amide bonds. The molecule has 1 aromatic rings. The molecular formula is C13H16F3NO. The number of hydrogen-bond donors (Lipinski definition) is 1. The van der Waals surface area contributed by atoms with Gasteiger partial charge in [0, 0.05) is 19.1 Å². The third-order valence-electron chi connectivity index (χ3n) is 3.36. The first kappa shape index (κ1) is 13.4. The van der Waals surface area contributed by atoms with E-state index in [9.17, 15) is 13.2 Å². The Morgan fingerprint density at radius 1 is 1.28 bits per heavy atom. The molecule has 0 radical (unpaired) electrons. The molecule has 5 heteroatoms. The normalized spacial score (nSPS) is 26.2. The SMILES string of the molecule is C[C@H](NC1(C(F)(F)F)CCOC1)c1ccccc1. The molecule has 2 rings (SSSR count). The minimum absolute atomic E-state index is 0.0341. The number of halogens is 3. The smallest absolute Gasteiger partial charge is 0.379 e. The third-order valence-corrected chi connectivity index (χ3v) is 3.36. The van der Waals surface area contributed by atoms with Gasteiger partial charge in [0.15, 0.2) is 0 Å². The van der Waals surface area contributed by atoms with Crippen molar-refractivity contribution in [3.8, 4) is 0 Å². The number of rotatable bonds is 3. The Morgan fingerprint density at radius 2 is 1.94 bits per heavy atom. The number of ether oxygens (including phenoxy) is 1. The first-order chi connectivity index (χ1) is 8.45. The van der Waals surface area contributed by atoms with Crippen LogP contribution in [0, 0.1) is 0 Å². The fourth-order valence-corrected chi connectivity index (χ4v) is 2.22. The Hall–Kier alpha value is -1.07. The van der Waals surface area contributed by atoms with E-state index >= 15 is 0 Å². The van der Waals surface area contributed by atoms with Crippen LogP contribution in [0.1, 0.15) is 24.9 Å². The van der Waals surface area contributed by atoms with Crippen LogP contribution in [0.15, 0.2) is 30.3 Å². The molecule has 1 fully saturated rings. The van der Waals surface area contributed by atoms with Crippen LogP contribution >= 0.6 is 0 Å². The van der Waals surface area contributed by atoms with Gasteiger partial charge >= 0.3 is 6.18 Å². The molecule has 0 saturated carbocycles. The molecule has 1 heterocycles. The summed E-state index contributed by atoms with van der Waals surface area (Å²) < 4.78 is 44.4. The summed E-state index contributed by atoms with van der Waals surface area (Å²) in [6.07, 6.45) is -4.33. The Morgan fingerprint density at radius 3 is 2.44 bits per heavy atom. The van der Waals surface area contributed by atoms with E-state index in [-0.39, 0.29) is 25.7 Å². The minimum Gasteiger partial charge on any atom is -0.379 e. The lowest BCUT2D eigenvalue weighted by Gasteiger charge is -2.34. The lowest BCUT2D eigenvalue weighted by molar-refractivity contribution is -0.198. The molecule has 0 aliphatic carbocycles. The summed E-state index contributed by atoms with van der Waals surface area (Å²) >= 11 is 0. The first-order valence-corrected chi connectivity index (χ1v) is 5.92. The van der Waals surface area contributed by atoms with Crippen molar-refractivity contribution < 1.29 is 17.9 Å². The number of hydrogen-bond acceptors (Lipinski definition) is 2. The van der Waals surface area contributed by atoms with Crippen molar-refractivity contribution >= 4 is 0 Å². The molecule has 1 unspecified atom stereocenters. The van der Waals surface area contributed by atoms with Crippen LogP contribution in [-0.4, -0.2) is 24.9 Å². The summed E-state index contributed by atoms with van der Waals surface area (Å²) in [5.74, 6) is 0. The molecule has 1 aliphatic rings. The fraction of sp³-hybridized carbons (Fsp3) is 0.538. The molecule has 0 spiro atoms. The van der Waals surface area contributed by atoms with Gasteiger partial charge in [-0.25, -0.2) is 0 Å². The number of benzene rings is 1. The van der Waals surface area contributed by atoms with Crippen molar-refractivity contribution in [2.45, 2.75) is 31.1 Å². The summed E-state index contributed by atoms with van der Waals surface area (Å²) in [7, 11) is 0. The van der Waals surface area contributed by atoms with E-state index in [1.807, 2.05) is 30.3 Å². The van der Waals surface area contributed by atoms with Crippen molar-refractivity contribution in [3.05, 3.63) is 35.9 Å². The van der Waals surface area contributed by atoms with Crippen molar-refractivity contribution in [2.24, 2.45) is 0 Å². The zero-order chi connectivity index (χ0) is 13.2. The molecule has 18 heavy (non-hydrogen) atoms. The Kier molecular flexibility index (Phi) is 3.64. The van der Waals surface area contributed by atoms with Gasteiger partial charge in [0.05, 0.1) is 6.61 Å². The van der Waals surface area contributed by atoms with Gasteiger partial charge in [-0.1, -0.05) is 30.3 Å². The number of alkyl halides is 3. The molecule has 1 aromatic carbocycles. The first-order valence-electron chi connectivity index (χ1n) is 5.92. The van der Waals surface area contributed by atoms with Gasteiger partial charge in [0.2, 0.25) is 0 Å². The largest absolute Gasteiger partial charge is 0.408 e. The van der Waals surface area contributed by atoms with Crippen LogP contribution in [0.2, 0.25) is 0 Å². The maximum Gasteiger partial charge on any atom is 0.408 e. The van der Waals surface area contributed by atoms with Crippen molar-refractivity contribution in [2.75, 3.05) is 13.2 Å². The standard InChI is InChI=1S/C13H16F3NO/c1-10(11-5-3-2-4-6-11)17-12(13(14,15)16)7-8-18-9-12/h2-6,10,17H,7-9H2,1H3/t10-,12?/m0/s1. The van der Waals surface area contributed by atoms with Gasteiger partial charge in [-0.15, -0.1) is 0 Å². The number of nitrogens with one attached hydrogen (secondary N) is 1. The molecule has 1 saturated heterocycles. The summed E-state index contributed by atoms with van der Waals surface area (Å²) in [6, 6.07) is 8.75. The predicted octanol–water partition coefficient (Wildman–Crippen LogP) is 3.06.